The molecule has 1 aromatic carbocycles. The number of hydrogen-bond donors (Lipinski definition) is 3. The molecule has 7 nitrogen and oxygen atoms in total. The first kappa shape index (κ1) is 22.7. The van der Waals surface area contributed by atoms with E-state index in [0.717, 1.165) is 25.9 Å². The highest BCUT2D eigenvalue weighted by atomic mass is 19.1. The van der Waals surface area contributed by atoms with E-state index in [9.17, 15) is 14.3 Å². The number of rotatable bonds is 5. The van der Waals surface area contributed by atoms with E-state index in [1.807, 2.05) is 0 Å². The minimum atomic E-state index is -0.809. The average molecular weight is 445 g/mol. The number of amides is 1. The molecule has 1 aliphatic heterocycles. The largest absolute Gasteiger partial charge is 0.487 e. The molecule has 0 radical (unpaired) electrons. The van der Waals surface area contributed by atoms with E-state index < -0.39 is 12.2 Å². The molecule has 0 bridgehead atoms. The van der Waals surface area contributed by atoms with Crippen molar-refractivity contribution in [2.24, 2.45) is 11.3 Å². The maximum atomic E-state index is 13.6. The fraction of sp³-hybridized carbons (Fsp3) is 0.583. The van der Waals surface area contributed by atoms with Crippen LogP contribution in [-0.4, -0.2) is 63.5 Å². The van der Waals surface area contributed by atoms with Crippen LogP contribution in [0.1, 0.15) is 50.5 Å². The van der Waals surface area contributed by atoms with Crippen LogP contribution in [0, 0.1) is 17.2 Å². The Hall–Kier alpha value is -2.45. The van der Waals surface area contributed by atoms with Crippen LogP contribution in [0.2, 0.25) is 0 Å². The predicted molar refractivity (Wildman–Crippen MR) is 119 cm³/mol. The SMILES string of the molecule is CC(C)(C)C1CCN([C@@H]2[C@@H](O)[C@H](Oc3cccc(F)c3)C[C@H]2NC(=O)c2ccn[nH]2)CC1. The minimum absolute atomic E-state index is 0.248. The number of nitrogens with zero attached hydrogens (tertiary/aromatic N) is 2. The van der Waals surface area contributed by atoms with E-state index in [0.29, 0.717) is 23.8 Å². The summed E-state index contributed by atoms with van der Waals surface area (Å²) in [5.74, 6) is 0.343. The summed E-state index contributed by atoms with van der Waals surface area (Å²) in [5, 5.41) is 20.8. The molecule has 4 rings (SSSR count). The van der Waals surface area contributed by atoms with E-state index in [1.165, 1.54) is 18.3 Å². The van der Waals surface area contributed by atoms with Gasteiger partial charge >= 0.3 is 0 Å². The third kappa shape index (κ3) is 4.96. The normalized spacial score (nSPS) is 27.4. The van der Waals surface area contributed by atoms with Gasteiger partial charge in [-0.2, -0.15) is 5.10 Å². The second kappa shape index (κ2) is 9.19. The summed E-state index contributed by atoms with van der Waals surface area (Å²) in [6.45, 7) is 8.52. The lowest BCUT2D eigenvalue weighted by Gasteiger charge is -2.43. The summed E-state index contributed by atoms with van der Waals surface area (Å²) in [5.41, 5.74) is 0.622. The third-order valence-electron chi connectivity index (χ3n) is 6.95. The van der Waals surface area contributed by atoms with Gasteiger partial charge in [-0.3, -0.25) is 14.8 Å². The summed E-state index contributed by atoms with van der Waals surface area (Å²) in [6, 6.07) is 6.96. The van der Waals surface area contributed by atoms with Crippen molar-refractivity contribution in [3.8, 4) is 5.75 Å². The van der Waals surface area contributed by atoms with Gasteiger partial charge in [0.25, 0.3) is 5.91 Å². The number of halogens is 1. The van der Waals surface area contributed by atoms with Crippen LogP contribution in [0.5, 0.6) is 5.75 Å². The molecule has 1 saturated heterocycles. The fourth-order valence-corrected chi connectivity index (χ4v) is 5.13. The molecule has 174 valence electrons. The van der Waals surface area contributed by atoms with Crippen molar-refractivity contribution in [3.05, 3.63) is 48.0 Å². The van der Waals surface area contributed by atoms with Gasteiger partial charge in [0.1, 0.15) is 29.5 Å². The molecule has 0 unspecified atom stereocenters. The maximum Gasteiger partial charge on any atom is 0.269 e. The number of aliphatic hydroxyl groups excluding tert-OH is 1. The zero-order valence-corrected chi connectivity index (χ0v) is 18.9. The maximum absolute atomic E-state index is 13.6. The zero-order chi connectivity index (χ0) is 22.9. The van der Waals surface area contributed by atoms with Crippen LogP contribution < -0.4 is 10.1 Å². The molecule has 8 heteroatoms. The first-order chi connectivity index (χ1) is 15.2. The van der Waals surface area contributed by atoms with Crippen LogP contribution in [0.15, 0.2) is 36.5 Å². The van der Waals surface area contributed by atoms with Gasteiger partial charge in [-0.25, -0.2) is 4.39 Å². The molecular formula is C24H33FN4O3. The molecule has 1 saturated carbocycles. The number of aromatic amines is 1. The van der Waals surface area contributed by atoms with Crippen LogP contribution in [0.3, 0.4) is 0 Å². The Balaban J connectivity index is 1.51. The molecule has 1 aromatic heterocycles. The number of aliphatic hydroxyl groups is 1. The second-order valence-corrected chi connectivity index (χ2v) is 10.1. The molecule has 4 atom stereocenters. The lowest BCUT2D eigenvalue weighted by molar-refractivity contribution is -0.0108. The van der Waals surface area contributed by atoms with Gasteiger partial charge in [-0.05, 0) is 55.5 Å². The number of carbonyl (C=O) groups is 1. The number of H-pyrrole nitrogens is 1. The summed E-state index contributed by atoms with van der Waals surface area (Å²) < 4.78 is 19.6. The standard InChI is InChI=1S/C24H33FN4O3/c1-24(2,3)15-8-11-29(12-9-15)21-19(27-23(31)18-7-10-26-28-18)14-20(22(21)30)32-17-6-4-5-16(25)13-17/h4-7,10,13,15,19-22,30H,8-9,11-12,14H2,1-3H3,(H,26,28)(H,27,31)/t19-,20-,21+,22+/m1/s1. The second-order valence-electron chi connectivity index (χ2n) is 10.1. The monoisotopic (exact) mass is 444 g/mol. The number of carbonyl (C=O) groups excluding carboxylic acids is 1. The summed E-state index contributed by atoms with van der Waals surface area (Å²) in [7, 11) is 0. The van der Waals surface area contributed by atoms with Crippen molar-refractivity contribution in [1.29, 1.82) is 0 Å². The zero-order valence-electron chi connectivity index (χ0n) is 18.9. The molecule has 0 spiro atoms. The van der Waals surface area contributed by atoms with Crippen molar-refractivity contribution in [2.45, 2.75) is 64.3 Å². The Morgan fingerprint density at radius 2 is 2.03 bits per heavy atom. The molecule has 3 N–H and O–H groups in total. The molecular weight excluding hydrogens is 411 g/mol. The van der Waals surface area contributed by atoms with Crippen molar-refractivity contribution >= 4 is 5.91 Å². The van der Waals surface area contributed by atoms with Gasteiger partial charge in [-0.15, -0.1) is 0 Å². The molecule has 1 aliphatic carbocycles. The van der Waals surface area contributed by atoms with Crippen molar-refractivity contribution in [1.82, 2.24) is 20.4 Å². The summed E-state index contributed by atoms with van der Waals surface area (Å²) in [6.07, 6.45) is 2.70. The van der Waals surface area contributed by atoms with Gasteiger partial charge < -0.3 is 15.2 Å². The van der Waals surface area contributed by atoms with E-state index in [1.54, 1.807) is 18.2 Å². The molecule has 2 aromatic rings. The highest BCUT2D eigenvalue weighted by Crippen LogP contribution is 2.37. The van der Waals surface area contributed by atoms with Gasteiger partial charge in [0.2, 0.25) is 0 Å². The summed E-state index contributed by atoms with van der Waals surface area (Å²) in [4.78, 5) is 15.0. The quantitative estimate of drug-likeness (QED) is 0.660. The average Bonchev–Trinajstić information content (AvgIpc) is 3.37. The topological polar surface area (TPSA) is 90.5 Å². The lowest BCUT2D eigenvalue weighted by Crippen LogP contribution is -2.56. The van der Waals surface area contributed by atoms with Crippen molar-refractivity contribution in [2.75, 3.05) is 13.1 Å². The van der Waals surface area contributed by atoms with Crippen LogP contribution in [0.25, 0.3) is 0 Å². The smallest absolute Gasteiger partial charge is 0.269 e. The Bertz CT molecular complexity index is 906. The van der Waals surface area contributed by atoms with E-state index in [-0.39, 0.29) is 29.2 Å². The molecule has 2 heterocycles. The van der Waals surface area contributed by atoms with Crippen LogP contribution in [0.4, 0.5) is 4.39 Å². The number of aromatic nitrogens is 2. The van der Waals surface area contributed by atoms with Crippen LogP contribution in [-0.2, 0) is 0 Å². The Morgan fingerprint density at radius 3 is 2.66 bits per heavy atom. The van der Waals surface area contributed by atoms with Crippen molar-refractivity contribution < 1.29 is 19.0 Å². The van der Waals surface area contributed by atoms with Crippen LogP contribution >= 0.6 is 0 Å². The number of nitrogens with one attached hydrogen (secondary N) is 2. The number of ether oxygens (including phenoxy) is 1. The van der Waals surface area contributed by atoms with Gasteiger partial charge in [0, 0.05) is 18.7 Å². The predicted octanol–water partition coefficient (Wildman–Crippen LogP) is 2.99. The van der Waals surface area contributed by atoms with Crippen molar-refractivity contribution in [3.63, 3.8) is 0 Å². The fourth-order valence-electron chi connectivity index (χ4n) is 5.13. The number of likely N-dealkylation sites (tertiary alicyclic amines) is 1. The Labute approximate surface area is 188 Å². The lowest BCUT2D eigenvalue weighted by atomic mass is 9.75. The molecule has 32 heavy (non-hydrogen) atoms. The number of benzene rings is 1. The number of piperidine rings is 1. The highest BCUT2D eigenvalue weighted by Gasteiger charge is 2.48. The first-order valence-electron chi connectivity index (χ1n) is 11.4. The first-order valence-corrected chi connectivity index (χ1v) is 11.4. The van der Waals surface area contributed by atoms with Gasteiger partial charge in [0.05, 0.1) is 12.1 Å². The summed E-state index contributed by atoms with van der Waals surface area (Å²) >= 11 is 0. The molecule has 2 aliphatic rings. The Morgan fingerprint density at radius 1 is 1.28 bits per heavy atom. The third-order valence-corrected chi connectivity index (χ3v) is 6.95. The van der Waals surface area contributed by atoms with Gasteiger partial charge in [0.15, 0.2) is 0 Å². The minimum Gasteiger partial charge on any atom is -0.487 e. The molecule has 2 fully saturated rings. The number of hydrogen-bond acceptors (Lipinski definition) is 5. The Kier molecular flexibility index (Phi) is 6.53. The highest BCUT2D eigenvalue weighted by molar-refractivity contribution is 5.92. The van der Waals surface area contributed by atoms with Gasteiger partial charge in [-0.1, -0.05) is 26.8 Å². The molecule has 1 amide bonds. The van der Waals surface area contributed by atoms with E-state index >= 15 is 0 Å². The van der Waals surface area contributed by atoms with E-state index in [4.69, 9.17) is 4.74 Å². The van der Waals surface area contributed by atoms with E-state index in [2.05, 4.69) is 41.2 Å².